The fourth-order valence-electron chi connectivity index (χ4n) is 2.53. The lowest BCUT2D eigenvalue weighted by molar-refractivity contribution is -0.141. The molecule has 2 amide bonds. The molecule has 0 aromatic heterocycles. The SMILES string of the molecule is O=C(O)CC1(CNC(=O)NCc2ccc(Cl)cc2)CCC1. The Labute approximate surface area is 128 Å². The normalized spacial score (nSPS) is 15.9. The summed E-state index contributed by atoms with van der Waals surface area (Å²) in [6.45, 7) is 0.820. The van der Waals surface area contributed by atoms with Crippen LogP contribution in [0.3, 0.4) is 0 Å². The van der Waals surface area contributed by atoms with Gasteiger partial charge in [0.1, 0.15) is 0 Å². The van der Waals surface area contributed by atoms with E-state index in [4.69, 9.17) is 16.7 Å². The summed E-state index contributed by atoms with van der Waals surface area (Å²) in [4.78, 5) is 22.6. The fourth-order valence-corrected chi connectivity index (χ4v) is 2.65. The molecule has 1 saturated carbocycles. The molecule has 0 bridgehead atoms. The summed E-state index contributed by atoms with van der Waals surface area (Å²) in [6, 6.07) is 6.96. The summed E-state index contributed by atoms with van der Waals surface area (Å²) in [7, 11) is 0. The van der Waals surface area contributed by atoms with Crippen LogP contribution in [0.15, 0.2) is 24.3 Å². The highest BCUT2D eigenvalue weighted by atomic mass is 35.5. The van der Waals surface area contributed by atoms with Gasteiger partial charge < -0.3 is 15.7 Å². The van der Waals surface area contributed by atoms with Gasteiger partial charge in [-0.2, -0.15) is 0 Å². The second-order valence-corrected chi connectivity index (χ2v) is 6.02. The van der Waals surface area contributed by atoms with Crippen LogP contribution in [-0.4, -0.2) is 23.7 Å². The van der Waals surface area contributed by atoms with Crippen molar-refractivity contribution >= 4 is 23.6 Å². The van der Waals surface area contributed by atoms with Gasteiger partial charge in [0, 0.05) is 18.1 Å². The van der Waals surface area contributed by atoms with Gasteiger partial charge in [0.25, 0.3) is 0 Å². The van der Waals surface area contributed by atoms with E-state index in [0.29, 0.717) is 18.1 Å². The summed E-state index contributed by atoms with van der Waals surface area (Å²) >= 11 is 5.79. The van der Waals surface area contributed by atoms with E-state index in [1.807, 2.05) is 12.1 Å². The Balaban J connectivity index is 1.74. The summed E-state index contributed by atoms with van der Waals surface area (Å²) in [5.74, 6) is -0.807. The number of rotatable bonds is 6. The van der Waals surface area contributed by atoms with Crippen molar-refractivity contribution in [2.45, 2.75) is 32.2 Å². The maximum Gasteiger partial charge on any atom is 0.315 e. The van der Waals surface area contributed by atoms with Crippen LogP contribution in [-0.2, 0) is 11.3 Å². The summed E-state index contributed by atoms with van der Waals surface area (Å²) in [5.41, 5.74) is 0.696. The Bertz CT molecular complexity index is 512. The van der Waals surface area contributed by atoms with Crippen LogP contribution in [0.1, 0.15) is 31.2 Å². The largest absolute Gasteiger partial charge is 0.481 e. The molecule has 114 valence electrons. The van der Waals surface area contributed by atoms with Gasteiger partial charge >= 0.3 is 12.0 Å². The zero-order valence-corrected chi connectivity index (χ0v) is 12.4. The topological polar surface area (TPSA) is 78.4 Å². The number of amides is 2. The van der Waals surface area contributed by atoms with Crippen LogP contribution in [0.5, 0.6) is 0 Å². The molecule has 6 heteroatoms. The average Bonchev–Trinajstić information content (AvgIpc) is 2.40. The first-order chi connectivity index (χ1) is 9.99. The molecule has 0 aliphatic heterocycles. The quantitative estimate of drug-likeness (QED) is 0.756. The Morgan fingerprint density at radius 1 is 1.19 bits per heavy atom. The molecule has 21 heavy (non-hydrogen) atoms. The molecule has 0 unspecified atom stereocenters. The minimum absolute atomic E-state index is 0.116. The van der Waals surface area contributed by atoms with Gasteiger partial charge in [-0.1, -0.05) is 30.2 Å². The first-order valence-corrected chi connectivity index (χ1v) is 7.35. The van der Waals surface area contributed by atoms with Crippen molar-refractivity contribution < 1.29 is 14.7 Å². The van der Waals surface area contributed by atoms with E-state index in [2.05, 4.69) is 10.6 Å². The Morgan fingerprint density at radius 3 is 2.38 bits per heavy atom. The molecule has 0 heterocycles. The number of carbonyl (C=O) groups is 2. The highest BCUT2D eigenvalue weighted by Crippen LogP contribution is 2.43. The van der Waals surface area contributed by atoms with Gasteiger partial charge in [-0.3, -0.25) is 4.79 Å². The van der Waals surface area contributed by atoms with Gasteiger partial charge in [0.15, 0.2) is 0 Å². The van der Waals surface area contributed by atoms with Crippen molar-refractivity contribution in [3.8, 4) is 0 Å². The van der Waals surface area contributed by atoms with E-state index in [-0.39, 0.29) is 17.9 Å². The molecule has 1 aliphatic rings. The molecule has 0 spiro atoms. The Kier molecular flexibility index (Phi) is 5.07. The van der Waals surface area contributed by atoms with Crippen molar-refractivity contribution in [1.29, 1.82) is 0 Å². The van der Waals surface area contributed by atoms with Crippen molar-refractivity contribution in [3.63, 3.8) is 0 Å². The van der Waals surface area contributed by atoms with Gasteiger partial charge in [-0.25, -0.2) is 4.79 Å². The minimum Gasteiger partial charge on any atom is -0.481 e. The maximum absolute atomic E-state index is 11.8. The van der Waals surface area contributed by atoms with Gasteiger partial charge in [-0.15, -0.1) is 0 Å². The van der Waals surface area contributed by atoms with Gasteiger partial charge in [0.05, 0.1) is 6.42 Å². The molecular weight excluding hydrogens is 292 g/mol. The first-order valence-electron chi connectivity index (χ1n) is 6.97. The summed E-state index contributed by atoms with van der Waals surface area (Å²) in [6.07, 6.45) is 2.86. The summed E-state index contributed by atoms with van der Waals surface area (Å²) < 4.78 is 0. The number of carboxylic acids is 1. The van der Waals surface area contributed by atoms with Crippen LogP contribution >= 0.6 is 11.6 Å². The standard InChI is InChI=1S/C15H19ClN2O3/c16-12-4-2-11(3-5-12)9-17-14(21)18-10-15(6-1-7-15)8-13(19)20/h2-5H,1,6-10H2,(H,19,20)(H2,17,18,21). The van der Waals surface area contributed by atoms with E-state index in [1.165, 1.54) is 0 Å². The monoisotopic (exact) mass is 310 g/mol. The van der Waals surface area contributed by atoms with Crippen LogP contribution in [0.2, 0.25) is 5.02 Å². The van der Waals surface area contributed by atoms with Crippen molar-refractivity contribution in [2.75, 3.05) is 6.54 Å². The lowest BCUT2D eigenvalue weighted by Gasteiger charge is -2.40. The van der Waals surface area contributed by atoms with E-state index < -0.39 is 5.97 Å². The maximum atomic E-state index is 11.8. The Hall–Kier alpha value is -1.75. The van der Waals surface area contributed by atoms with Crippen molar-refractivity contribution in [3.05, 3.63) is 34.9 Å². The number of hydrogen-bond donors (Lipinski definition) is 3. The number of halogens is 1. The molecule has 1 fully saturated rings. The molecule has 0 saturated heterocycles. The molecule has 5 nitrogen and oxygen atoms in total. The molecule has 1 aromatic carbocycles. The zero-order chi connectivity index (χ0) is 15.3. The molecule has 2 rings (SSSR count). The summed E-state index contributed by atoms with van der Waals surface area (Å²) in [5, 5.41) is 15.1. The smallest absolute Gasteiger partial charge is 0.315 e. The lowest BCUT2D eigenvalue weighted by Crippen LogP contribution is -2.46. The number of carboxylic acid groups (broad SMARTS) is 1. The highest BCUT2D eigenvalue weighted by molar-refractivity contribution is 6.30. The third-order valence-corrected chi connectivity index (χ3v) is 4.18. The molecule has 0 radical (unpaired) electrons. The second-order valence-electron chi connectivity index (χ2n) is 5.59. The van der Waals surface area contributed by atoms with Crippen LogP contribution in [0.4, 0.5) is 4.79 Å². The third-order valence-electron chi connectivity index (χ3n) is 3.93. The van der Waals surface area contributed by atoms with Crippen molar-refractivity contribution in [1.82, 2.24) is 10.6 Å². The molecule has 0 atom stereocenters. The van der Waals surface area contributed by atoms with Crippen molar-refractivity contribution in [2.24, 2.45) is 5.41 Å². The zero-order valence-electron chi connectivity index (χ0n) is 11.7. The predicted octanol–water partition coefficient (Wildman–Crippen LogP) is 2.78. The predicted molar refractivity (Wildman–Crippen MR) is 80.2 cm³/mol. The number of benzene rings is 1. The van der Waals surface area contributed by atoms with E-state index in [9.17, 15) is 9.59 Å². The number of carbonyl (C=O) groups excluding carboxylic acids is 1. The molecule has 3 N–H and O–H groups in total. The first kappa shape index (κ1) is 15.6. The van der Waals surface area contributed by atoms with Crippen LogP contribution in [0.25, 0.3) is 0 Å². The second kappa shape index (κ2) is 6.80. The number of nitrogens with one attached hydrogen (secondary N) is 2. The van der Waals surface area contributed by atoms with E-state index in [1.54, 1.807) is 12.1 Å². The van der Waals surface area contributed by atoms with Crippen LogP contribution < -0.4 is 10.6 Å². The number of aliphatic carboxylic acids is 1. The van der Waals surface area contributed by atoms with Crippen LogP contribution in [0, 0.1) is 5.41 Å². The molecular formula is C15H19ClN2O3. The lowest BCUT2D eigenvalue weighted by atomic mass is 9.66. The minimum atomic E-state index is -0.807. The highest BCUT2D eigenvalue weighted by Gasteiger charge is 2.39. The molecule has 1 aromatic rings. The third kappa shape index (κ3) is 4.63. The number of hydrogen-bond acceptors (Lipinski definition) is 2. The Morgan fingerprint density at radius 2 is 1.86 bits per heavy atom. The van der Waals surface area contributed by atoms with E-state index in [0.717, 1.165) is 24.8 Å². The number of urea groups is 1. The van der Waals surface area contributed by atoms with Gasteiger partial charge in [0.2, 0.25) is 0 Å². The molecule has 1 aliphatic carbocycles. The van der Waals surface area contributed by atoms with Gasteiger partial charge in [-0.05, 0) is 36.0 Å². The van der Waals surface area contributed by atoms with E-state index >= 15 is 0 Å². The fraction of sp³-hybridized carbons (Fsp3) is 0.467. The average molecular weight is 311 g/mol.